The molecule has 0 bridgehead atoms. The highest BCUT2D eigenvalue weighted by atomic mass is 16.3. The third-order valence-corrected chi connectivity index (χ3v) is 3.02. The number of rotatable bonds is 6. The number of hydrogen-bond acceptors (Lipinski definition) is 3. The third-order valence-electron chi connectivity index (χ3n) is 3.02. The molecule has 0 saturated carbocycles. The molecule has 1 unspecified atom stereocenters. The Morgan fingerprint density at radius 2 is 1.82 bits per heavy atom. The van der Waals surface area contributed by atoms with Gasteiger partial charge in [0.15, 0.2) is 0 Å². The van der Waals surface area contributed by atoms with E-state index in [2.05, 4.69) is 56.4 Å². The highest BCUT2D eigenvalue weighted by Crippen LogP contribution is 2.21. The molecular formula is C14H24N2O. The van der Waals surface area contributed by atoms with Crippen molar-refractivity contribution < 1.29 is 5.11 Å². The van der Waals surface area contributed by atoms with Crippen molar-refractivity contribution in [3.05, 3.63) is 34.9 Å². The van der Waals surface area contributed by atoms with Crippen LogP contribution in [0.25, 0.3) is 0 Å². The smallest absolute Gasteiger partial charge is 0.0626 e. The van der Waals surface area contributed by atoms with Crippen molar-refractivity contribution in [2.75, 3.05) is 33.8 Å². The summed E-state index contributed by atoms with van der Waals surface area (Å²) in [5.74, 6) is 0. The van der Waals surface area contributed by atoms with Gasteiger partial charge in [-0.3, -0.25) is 0 Å². The first-order valence-corrected chi connectivity index (χ1v) is 6.11. The topological polar surface area (TPSA) is 35.5 Å². The lowest BCUT2D eigenvalue weighted by Crippen LogP contribution is -2.32. The number of aryl methyl sites for hydroxylation is 2. The van der Waals surface area contributed by atoms with Gasteiger partial charge in [0, 0.05) is 13.1 Å². The van der Waals surface area contributed by atoms with Crippen LogP contribution in [0.5, 0.6) is 0 Å². The molecule has 0 heterocycles. The summed E-state index contributed by atoms with van der Waals surface area (Å²) in [7, 11) is 4.10. The molecule has 0 aromatic heterocycles. The number of likely N-dealkylation sites (N-methyl/N-ethyl adjacent to an activating group) is 1. The number of aliphatic hydroxyl groups excluding tert-OH is 1. The summed E-state index contributed by atoms with van der Waals surface area (Å²) in [6, 6.07) is 6.29. The summed E-state index contributed by atoms with van der Waals surface area (Å²) in [4.78, 5) is 2.13. The molecule has 0 radical (unpaired) electrons. The van der Waals surface area contributed by atoms with Gasteiger partial charge in [-0.1, -0.05) is 18.2 Å². The average Bonchev–Trinajstić information content (AvgIpc) is 2.26. The van der Waals surface area contributed by atoms with Crippen LogP contribution in [0.1, 0.15) is 22.7 Å². The lowest BCUT2D eigenvalue weighted by atomic mass is 9.96. The third kappa shape index (κ3) is 4.11. The van der Waals surface area contributed by atoms with Gasteiger partial charge in [0.05, 0.1) is 12.6 Å². The number of nitrogens with zero attached hydrogens (tertiary/aromatic N) is 1. The Hall–Kier alpha value is -0.900. The molecule has 3 heteroatoms. The van der Waals surface area contributed by atoms with Crippen LogP contribution >= 0.6 is 0 Å². The van der Waals surface area contributed by atoms with E-state index in [0.717, 1.165) is 13.1 Å². The van der Waals surface area contributed by atoms with Crippen molar-refractivity contribution in [3.63, 3.8) is 0 Å². The molecule has 0 aliphatic carbocycles. The lowest BCUT2D eigenvalue weighted by Gasteiger charge is -2.22. The Balaban J connectivity index is 2.72. The quantitative estimate of drug-likeness (QED) is 0.785. The lowest BCUT2D eigenvalue weighted by molar-refractivity contribution is 0.239. The van der Waals surface area contributed by atoms with Crippen LogP contribution < -0.4 is 5.32 Å². The molecule has 0 amide bonds. The van der Waals surface area contributed by atoms with Crippen LogP contribution in [-0.4, -0.2) is 43.8 Å². The highest BCUT2D eigenvalue weighted by molar-refractivity contribution is 5.36. The number of benzene rings is 1. The highest BCUT2D eigenvalue weighted by Gasteiger charge is 2.14. The van der Waals surface area contributed by atoms with Gasteiger partial charge in [-0.2, -0.15) is 0 Å². The van der Waals surface area contributed by atoms with Crippen molar-refractivity contribution in [1.82, 2.24) is 10.2 Å². The van der Waals surface area contributed by atoms with E-state index < -0.39 is 0 Å². The fraction of sp³-hybridized carbons (Fsp3) is 0.571. The van der Waals surface area contributed by atoms with Crippen LogP contribution in [-0.2, 0) is 0 Å². The van der Waals surface area contributed by atoms with Crippen molar-refractivity contribution >= 4 is 0 Å². The van der Waals surface area contributed by atoms with E-state index in [1.165, 1.54) is 16.7 Å². The number of nitrogens with one attached hydrogen (secondary N) is 1. The van der Waals surface area contributed by atoms with Gasteiger partial charge in [-0.05, 0) is 44.6 Å². The fourth-order valence-electron chi connectivity index (χ4n) is 2.10. The summed E-state index contributed by atoms with van der Waals surface area (Å²) in [5.41, 5.74) is 3.71. The largest absolute Gasteiger partial charge is 0.394 e. The average molecular weight is 236 g/mol. The zero-order chi connectivity index (χ0) is 12.8. The monoisotopic (exact) mass is 236 g/mol. The van der Waals surface area contributed by atoms with Crippen LogP contribution in [0, 0.1) is 13.8 Å². The SMILES string of the molecule is Cc1cccc(C)c1C(CO)NCCN(C)C. The van der Waals surface area contributed by atoms with Gasteiger partial charge in [0.25, 0.3) is 0 Å². The van der Waals surface area contributed by atoms with Crippen molar-refractivity contribution in [3.8, 4) is 0 Å². The van der Waals surface area contributed by atoms with E-state index in [1.54, 1.807) is 0 Å². The normalized spacial score (nSPS) is 13.1. The van der Waals surface area contributed by atoms with E-state index in [9.17, 15) is 5.11 Å². The Morgan fingerprint density at radius 3 is 2.29 bits per heavy atom. The van der Waals surface area contributed by atoms with Gasteiger partial charge >= 0.3 is 0 Å². The molecule has 1 atom stereocenters. The van der Waals surface area contributed by atoms with Gasteiger partial charge in [0.2, 0.25) is 0 Å². The number of aliphatic hydroxyl groups is 1. The Kier molecular flexibility index (Phi) is 5.62. The molecule has 96 valence electrons. The maximum Gasteiger partial charge on any atom is 0.0626 e. The van der Waals surface area contributed by atoms with E-state index in [0.29, 0.717) is 0 Å². The summed E-state index contributed by atoms with van der Waals surface area (Å²) in [6.45, 7) is 6.18. The first-order chi connectivity index (χ1) is 8.06. The van der Waals surface area contributed by atoms with Crippen molar-refractivity contribution in [1.29, 1.82) is 0 Å². The second-order valence-electron chi connectivity index (χ2n) is 4.80. The molecule has 17 heavy (non-hydrogen) atoms. The van der Waals surface area contributed by atoms with Gasteiger partial charge in [-0.25, -0.2) is 0 Å². The molecule has 0 aliphatic heterocycles. The summed E-state index contributed by atoms with van der Waals surface area (Å²) in [5, 5.41) is 12.9. The maximum absolute atomic E-state index is 9.52. The Labute approximate surface area is 104 Å². The van der Waals surface area contributed by atoms with Crippen molar-refractivity contribution in [2.45, 2.75) is 19.9 Å². The molecular weight excluding hydrogens is 212 g/mol. The van der Waals surface area contributed by atoms with E-state index in [1.807, 2.05) is 0 Å². The molecule has 0 fully saturated rings. The predicted molar refractivity (Wildman–Crippen MR) is 72.3 cm³/mol. The van der Waals surface area contributed by atoms with Crippen LogP contribution in [0.3, 0.4) is 0 Å². The Morgan fingerprint density at radius 1 is 1.24 bits per heavy atom. The first-order valence-electron chi connectivity index (χ1n) is 6.11. The molecule has 0 saturated heterocycles. The zero-order valence-corrected chi connectivity index (χ0v) is 11.3. The minimum absolute atomic E-state index is 0.0381. The van der Waals surface area contributed by atoms with Crippen LogP contribution in [0.4, 0.5) is 0 Å². The van der Waals surface area contributed by atoms with Gasteiger partial charge in [0.1, 0.15) is 0 Å². The summed E-state index contributed by atoms with van der Waals surface area (Å²) >= 11 is 0. The van der Waals surface area contributed by atoms with Crippen molar-refractivity contribution in [2.24, 2.45) is 0 Å². The molecule has 0 spiro atoms. The molecule has 1 rings (SSSR count). The molecule has 1 aromatic carbocycles. The minimum atomic E-state index is 0.0381. The standard InChI is InChI=1S/C14H24N2O/c1-11-6-5-7-12(2)14(11)13(10-17)15-8-9-16(3)4/h5-7,13,15,17H,8-10H2,1-4H3. The number of hydrogen-bond donors (Lipinski definition) is 2. The van der Waals surface area contributed by atoms with E-state index in [4.69, 9.17) is 0 Å². The molecule has 0 aliphatic rings. The molecule has 3 nitrogen and oxygen atoms in total. The second-order valence-corrected chi connectivity index (χ2v) is 4.80. The van der Waals surface area contributed by atoms with Gasteiger partial charge in [-0.15, -0.1) is 0 Å². The first kappa shape index (κ1) is 14.2. The van der Waals surface area contributed by atoms with Crippen LogP contribution in [0.2, 0.25) is 0 Å². The Bertz CT molecular complexity index is 330. The zero-order valence-electron chi connectivity index (χ0n) is 11.3. The second kappa shape index (κ2) is 6.74. The fourth-order valence-corrected chi connectivity index (χ4v) is 2.10. The summed E-state index contributed by atoms with van der Waals surface area (Å²) < 4.78 is 0. The minimum Gasteiger partial charge on any atom is -0.394 e. The molecule has 2 N–H and O–H groups in total. The van der Waals surface area contributed by atoms with E-state index in [-0.39, 0.29) is 12.6 Å². The van der Waals surface area contributed by atoms with Gasteiger partial charge < -0.3 is 15.3 Å². The molecule has 1 aromatic rings. The predicted octanol–water partition coefficient (Wildman–Crippen LogP) is 1.49. The summed E-state index contributed by atoms with van der Waals surface area (Å²) in [6.07, 6.45) is 0. The van der Waals surface area contributed by atoms with Crippen LogP contribution in [0.15, 0.2) is 18.2 Å². The maximum atomic E-state index is 9.52. The van der Waals surface area contributed by atoms with E-state index >= 15 is 0 Å².